The zero-order chi connectivity index (χ0) is 18.2. The molecule has 2 fully saturated rings. The number of piperidine rings is 1. The second kappa shape index (κ2) is 6.80. The molecule has 7 nitrogen and oxygen atoms in total. The number of aryl methyl sites for hydroxylation is 1. The Balaban J connectivity index is 1.74. The number of aromatic amines is 1. The van der Waals surface area contributed by atoms with Gasteiger partial charge in [0, 0.05) is 31.6 Å². The van der Waals surface area contributed by atoms with E-state index in [0.717, 1.165) is 0 Å². The summed E-state index contributed by atoms with van der Waals surface area (Å²) >= 11 is 0. The molecule has 1 amide bonds. The van der Waals surface area contributed by atoms with E-state index in [1.165, 1.54) is 0 Å². The van der Waals surface area contributed by atoms with E-state index in [1.807, 2.05) is 0 Å². The van der Waals surface area contributed by atoms with Crippen LogP contribution in [0, 0.1) is 13.8 Å². The Bertz CT molecular complexity index is 663. The van der Waals surface area contributed by atoms with Crippen LogP contribution in [-0.4, -0.2) is 60.0 Å². The molecular weight excluding hydrogens is 324 g/mol. The molecule has 0 bridgehead atoms. The number of hydrogen-bond donors (Lipinski definition) is 1. The highest BCUT2D eigenvalue weighted by molar-refractivity contribution is 6.00. The van der Waals surface area contributed by atoms with Crippen molar-refractivity contribution < 1.29 is 23.8 Å². The first-order valence-electron chi connectivity index (χ1n) is 8.80. The first-order valence-corrected chi connectivity index (χ1v) is 8.80. The molecule has 0 atom stereocenters. The summed E-state index contributed by atoms with van der Waals surface area (Å²) in [4.78, 5) is 30.0. The Morgan fingerprint density at radius 1 is 1.16 bits per heavy atom. The number of nitrogens with one attached hydrogen (secondary N) is 1. The van der Waals surface area contributed by atoms with Crippen molar-refractivity contribution in [3.63, 3.8) is 0 Å². The van der Waals surface area contributed by atoms with Crippen LogP contribution in [-0.2, 0) is 14.2 Å². The second-order valence-electron chi connectivity index (χ2n) is 6.98. The molecule has 0 unspecified atom stereocenters. The summed E-state index contributed by atoms with van der Waals surface area (Å²) in [5.74, 6) is -1.01. The number of aromatic nitrogens is 1. The summed E-state index contributed by atoms with van der Waals surface area (Å²) in [6.45, 7) is 9.54. The lowest BCUT2D eigenvalue weighted by Gasteiger charge is -2.37. The van der Waals surface area contributed by atoms with Crippen molar-refractivity contribution in [2.75, 3.05) is 26.3 Å². The van der Waals surface area contributed by atoms with E-state index in [-0.39, 0.29) is 12.0 Å². The van der Waals surface area contributed by atoms with Crippen LogP contribution in [0.1, 0.15) is 58.8 Å². The smallest absolute Gasteiger partial charge is 0.340 e. The van der Waals surface area contributed by atoms with Crippen LogP contribution in [0.4, 0.5) is 0 Å². The van der Waals surface area contributed by atoms with Crippen molar-refractivity contribution in [3.05, 3.63) is 22.5 Å². The highest BCUT2D eigenvalue weighted by Gasteiger charge is 2.41. The number of amides is 1. The lowest BCUT2D eigenvalue weighted by Crippen LogP contribution is -2.47. The van der Waals surface area contributed by atoms with E-state index in [1.54, 1.807) is 32.6 Å². The van der Waals surface area contributed by atoms with Crippen LogP contribution in [0.5, 0.6) is 0 Å². The summed E-state index contributed by atoms with van der Waals surface area (Å²) < 4.78 is 16.7. The highest BCUT2D eigenvalue weighted by atomic mass is 16.7. The molecule has 7 heteroatoms. The number of carbonyl (C=O) groups is 2. The fourth-order valence-corrected chi connectivity index (χ4v) is 3.54. The van der Waals surface area contributed by atoms with Gasteiger partial charge < -0.3 is 24.1 Å². The summed E-state index contributed by atoms with van der Waals surface area (Å²) in [7, 11) is 0. The summed E-state index contributed by atoms with van der Waals surface area (Å²) in [6.07, 6.45) is 1.13. The molecule has 1 N–H and O–H groups in total. The number of ether oxygens (including phenoxy) is 3. The molecule has 0 saturated carbocycles. The number of hydrogen-bond acceptors (Lipinski definition) is 5. The molecule has 1 aromatic rings. The lowest BCUT2D eigenvalue weighted by molar-refractivity contribution is -0.181. The third-order valence-corrected chi connectivity index (χ3v) is 4.82. The van der Waals surface area contributed by atoms with Gasteiger partial charge >= 0.3 is 5.97 Å². The zero-order valence-electron chi connectivity index (χ0n) is 15.3. The van der Waals surface area contributed by atoms with Gasteiger partial charge in [0.1, 0.15) is 5.69 Å². The molecule has 3 rings (SSSR count). The Morgan fingerprint density at radius 2 is 1.76 bits per heavy atom. The van der Waals surface area contributed by atoms with Gasteiger partial charge in [-0.3, -0.25) is 4.79 Å². The SMILES string of the molecule is Cc1[nH]c(C(=O)N2CCC3(CC2)OCCO3)c(C)c1C(=O)OC(C)C. The molecule has 2 aliphatic rings. The molecule has 2 aliphatic heterocycles. The zero-order valence-corrected chi connectivity index (χ0v) is 15.3. The third-order valence-electron chi connectivity index (χ3n) is 4.82. The van der Waals surface area contributed by atoms with Gasteiger partial charge in [0.2, 0.25) is 0 Å². The summed E-state index contributed by atoms with van der Waals surface area (Å²) in [6, 6.07) is 0. The minimum Gasteiger partial charge on any atom is -0.459 e. The van der Waals surface area contributed by atoms with E-state index in [9.17, 15) is 9.59 Å². The molecular formula is C18H26N2O5. The number of likely N-dealkylation sites (tertiary alicyclic amines) is 1. The van der Waals surface area contributed by atoms with Gasteiger partial charge in [0.25, 0.3) is 5.91 Å². The van der Waals surface area contributed by atoms with Gasteiger partial charge in [-0.15, -0.1) is 0 Å². The standard InChI is InChI=1S/C18H26N2O5/c1-11(2)25-17(22)14-12(3)15(19-13(14)4)16(21)20-7-5-18(6-8-20)23-9-10-24-18/h11,19H,5-10H2,1-4H3. The quantitative estimate of drug-likeness (QED) is 0.845. The number of esters is 1. The maximum absolute atomic E-state index is 12.9. The van der Waals surface area contributed by atoms with Crippen LogP contribution in [0.2, 0.25) is 0 Å². The molecule has 0 radical (unpaired) electrons. The average molecular weight is 350 g/mol. The minimum atomic E-state index is -0.510. The monoisotopic (exact) mass is 350 g/mol. The Morgan fingerprint density at radius 3 is 2.32 bits per heavy atom. The number of H-pyrrole nitrogens is 1. The van der Waals surface area contributed by atoms with Crippen LogP contribution in [0.25, 0.3) is 0 Å². The van der Waals surface area contributed by atoms with Crippen molar-refractivity contribution in [1.29, 1.82) is 0 Å². The number of carbonyl (C=O) groups excluding carboxylic acids is 2. The molecule has 1 spiro atoms. The topological polar surface area (TPSA) is 80.9 Å². The van der Waals surface area contributed by atoms with Gasteiger partial charge in [0.05, 0.1) is 24.9 Å². The maximum Gasteiger partial charge on any atom is 0.340 e. The van der Waals surface area contributed by atoms with Crippen LogP contribution in [0.3, 0.4) is 0 Å². The maximum atomic E-state index is 12.9. The predicted octanol–water partition coefficient (Wildman–Crippen LogP) is 2.18. The van der Waals surface area contributed by atoms with E-state index < -0.39 is 11.8 Å². The van der Waals surface area contributed by atoms with Gasteiger partial charge in [0.15, 0.2) is 5.79 Å². The minimum absolute atomic E-state index is 0.1000. The molecule has 138 valence electrons. The summed E-state index contributed by atoms with van der Waals surface area (Å²) in [5.41, 5.74) is 2.20. The van der Waals surface area contributed by atoms with Crippen molar-refractivity contribution in [2.24, 2.45) is 0 Å². The Hall–Kier alpha value is -1.86. The normalized spacial score (nSPS) is 19.6. The number of rotatable bonds is 3. The molecule has 25 heavy (non-hydrogen) atoms. The van der Waals surface area contributed by atoms with E-state index >= 15 is 0 Å². The highest BCUT2D eigenvalue weighted by Crippen LogP contribution is 2.32. The third kappa shape index (κ3) is 3.43. The molecule has 1 aromatic heterocycles. The molecule has 2 saturated heterocycles. The van der Waals surface area contributed by atoms with Gasteiger partial charge in [-0.25, -0.2) is 4.79 Å². The van der Waals surface area contributed by atoms with Crippen molar-refractivity contribution >= 4 is 11.9 Å². The first kappa shape index (κ1) is 17.9. The van der Waals surface area contributed by atoms with Crippen LogP contribution in [0.15, 0.2) is 0 Å². The molecule has 0 aromatic carbocycles. The first-order chi connectivity index (χ1) is 11.8. The molecule has 0 aliphatic carbocycles. The van der Waals surface area contributed by atoms with Crippen molar-refractivity contribution in [3.8, 4) is 0 Å². The Labute approximate surface area is 147 Å². The number of nitrogens with zero attached hydrogens (tertiary/aromatic N) is 1. The van der Waals surface area contributed by atoms with Gasteiger partial charge in [-0.1, -0.05) is 0 Å². The van der Waals surface area contributed by atoms with E-state index in [4.69, 9.17) is 14.2 Å². The predicted molar refractivity (Wildman–Crippen MR) is 90.6 cm³/mol. The molecule has 3 heterocycles. The van der Waals surface area contributed by atoms with Gasteiger partial charge in [-0.2, -0.15) is 0 Å². The van der Waals surface area contributed by atoms with E-state index in [0.29, 0.717) is 61.7 Å². The van der Waals surface area contributed by atoms with E-state index in [2.05, 4.69) is 4.98 Å². The van der Waals surface area contributed by atoms with Crippen LogP contribution < -0.4 is 0 Å². The summed E-state index contributed by atoms with van der Waals surface area (Å²) in [5, 5.41) is 0. The van der Waals surface area contributed by atoms with Crippen molar-refractivity contribution in [1.82, 2.24) is 9.88 Å². The van der Waals surface area contributed by atoms with Crippen molar-refractivity contribution in [2.45, 2.75) is 52.4 Å². The van der Waals surface area contributed by atoms with Gasteiger partial charge in [-0.05, 0) is 33.3 Å². The fourth-order valence-electron chi connectivity index (χ4n) is 3.54. The second-order valence-corrected chi connectivity index (χ2v) is 6.98. The average Bonchev–Trinajstić information content (AvgIpc) is 3.11. The fraction of sp³-hybridized carbons (Fsp3) is 0.667. The lowest BCUT2D eigenvalue weighted by atomic mass is 10.0. The Kier molecular flexibility index (Phi) is 4.88. The largest absolute Gasteiger partial charge is 0.459 e. The van der Waals surface area contributed by atoms with Crippen LogP contribution >= 0.6 is 0 Å².